The monoisotopic (exact) mass is 208 g/mol. The summed E-state index contributed by atoms with van der Waals surface area (Å²) in [4.78, 5) is 11.7. The zero-order chi connectivity index (χ0) is 10.7. The molecule has 1 aliphatic carbocycles. The van der Waals surface area contributed by atoms with Gasteiger partial charge in [0.2, 0.25) is 0 Å². The average molecular weight is 208 g/mol. The fourth-order valence-corrected chi connectivity index (χ4v) is 1.98. The number of carbonyl (C=O) groups is 1. The molecule has 4 heteroatoms. The van der Waals surface area contributed by atoms with Gasteiger partial charge in [-0.2, -0.15) is 0 Å². The van der Waals surface area contributed by atoms with Gasteiger partial charge in [-0.15, -0.1) is 0 Å². The molecule has 0 aliphatic heterocycles. The van der Waals surface area contributed by atoms with E-state index in [2.05, 4.69) is 5.32 Å². The van der Waals surface area contributed by atoms with Gasteiger partial charge in [0.25, 0.3) is 5.91 Å². The highest BCUT2D eigenvalue weighted by Crippen LogP contribution is 2.17. The maximum Gasteiger partial charge on any atom is 0.254 e. The van der Waals surface area contributed by atoms with Gasteiger partial charge in [0.05, 0.1) is 11.8 Å². The van der Waals surface area contributed by atoms with Crippen LogP contribution in [0.4, 0.5) is 0 Å². The lowest BCUT2D eigenvalue weighted by Crippen LogP contribution is -2.49. The number of amides is 1. The Balaban J connectivity index is 1.93. The van der Waals surface area contributed by atoms with Crippen LogP contribution in [0.3, 0.4) is 0 Å². The topological polar surface area (TPSA) is 68.3 Å². The minimum atomic E-state index is -0.0916. The molecule has 2 atom stereocenters. The number of nitrogens with one attached hydrogen (secondary N) is 1. The molecule has 0 aromatic carbocycles. The summed E-state index contributed by atoms with van der Waals surface area (Å²) in [7, 11) is 0. The number of hydrogen-bond donors (Lipinski definition) is 2. The van der Waals surface area contributed by atoms with E-state index in [9.17, 15) is 4.79 Å². The SMILES string of the molecule is NC1CCCCC1NC(=O)c1ccoc1. The molecule has 4 nitrogen and oxygen atoms in total. The van der Waals surface area contributed by atoms with Crippen LogP contribution in [-0.2, 0) is 0 Å². The molecule has 0 radical (unpaired) electrons. The van der Waals surface area contributed by atoms with Crippen molar-refractivity contribution < 1.29 is 9.21 Å². The second-order valence-corrected chi connectivity index (χ2v) is 4.04. The molecule has 3 N–H and O–H groups in total. The fourth-order valence-electron chi connectivity index (χ4n) is 1.98. The van der Waals surface area contributed by atoms with Crippen LogP contribution in [0.1, 0.15) is 36.0 Å². The van der Waals surface area contributed by atoms with Gasteiger partial charge in [-0.25, -0.2) is 0 Å². The molecular formula is C11H16N2O2. The van der Waals surface area contributed by atoms with Crippen molar-refractivity contribution in [1.82, 2.24) is 5.32 Å². The maximum atomic E-state index is 11.7. The predicted molar refractivity (Wildman–Crippen MR) is 56.4 cm³/mol. The molecule has 1 aliphatic rings. The van der Waals surface area contributed by atoms with Crippen molar-refractivity contribution in [2.45, 2.75) is 37.8 Å². The zero-order valence-electron chi connectivity index (χ0n) is 8.61. The van der Waals surface area contributed by atoms with Crippen LogP contribution in [0.2, 0.25) is 0 Å². The van der Waals surface area contributed by atoms with Crippen molar-refractivity contribution in [2.75, 3.05) is 0 Å². The molecule has 1 heterocycles. The number of nitrogens with two attached hydrogens (primary N) is 1. The standard InChI is InChI=1S/C11H16N2O2/c12-9-3-1-2-4-10(9)13-11(14)8-5-6-15-7-8/h5-7,9-10H,1-4,12H2,(H,13,14). The molecule has 2 rings (SSSR count). The molecular weight excluding hydrogens is 192 g/mol. The Bertz CT molecular complexity index is 321. The van der Waals surface area contributed by atoms with Crippen LogP contribution in [0.25, 0.3) is 0 Å². The third-order valence-corrected chi connectivity index (χ3v) is 2.92. The van der Waals surface area contributed by atoms with Crippen LogP contribution in [0, 0.1) is 0 Å². The largest absolute Gasteiger partial charge is 0.472 e. The van der Waals surface area contributed by atoms with Crippen molar-refractivity contribution in [1.29, 1.82) is 0 Å². The highest BCUT2D eigenvalue weighted by atomic mass is 16.3. The van der Waals surface area contributed by atoms with E-state index in [1.54, 1.807) is 6.07 Å². The van der Waals surface area contributed by atoms with Gasteiger partial charge < -0.3 is 15.5 Å². The Morgan fingerprint density at radius 3 is 2.93 bits per heavy atom. The fraction of sp³-hybridized carbons (Fsp3) is 0.545. The molecule has 0 saturated heterocycles. The molecule has 2 unspecified atom stereocenters. The van der Waals surface area contributed by atoms with Crippen LogP contribution < -0.4 is 11.1 Å². The number of hydrogen-bond acceptors (Lipinski definition) is 3. The number of furan rings is 1. The minimum absolute atomic E-state index is 0.0916. The summed E-state index contributed by atoms with van der Waals surface area (Å²) in [6.07, 6.45) is 7.23. The van der Waals surface area contributed by atoms with E-state index >= 15 is 0 Å². The summed E-state index contributed by atoms with van der Waals surface area (Å²) in [5, 5.41) is 2.95. The van der Waals surface area contributed by atoms with Crippen LogP contribution in [-0.4, -0.2) is 18.0 Å². The van der Waals surface area contributed by atoms with Gasteiger partial charge in [0.15, 0.2) is 0 Å². The van der Waals surface area contributed by atoms with Crippen molar-refractivity contribution >= 4 is 5.91 Å². The summed E-state index contributed by atoms with van der Waals surface area (Å²) in [5.41, 5.74) is 6.51. The summed E-state index contributed by atoms with van der Waals surface area (Å²) < 4.78 is 4.86. The van der Waals surface area contributed by atoms with E-state index in [1.807, 2.05) is 0 Å². The molecule has 82 valence electrons. The molecule has 1 aromatic rings. The Morgan fingerprint density at radius 1 is 1.47 bits per heavy atom. The Kier molecular flexibility index (Phi) is 3.06. The molecule has 0 spiro atoms. The first-order valence-electron chi connectivity index (χ1n) is 5.36. The van der Waals surface area contributed by atoms with E-state index in [0.717, 1.165) is 19.3 Å². The summed E-state index contributed by atoms with van der Waals surface area (Å²) in [5.74, 6) is -0.0916. The van der Waals surface area contributed by atoms with E-state index < -0.39 is 0 Å². The number of rotatable bonds is 2. The van der Waals surface area contributed by atoms with Crippen molar-refractivity contribution in [2.24, 2.45) is 5.73 Å². The van der Waals surface area contributed by atoms with Gasteiger partial charge in [0.1, 0.15) is 6.26 Å². The van der Waals surface area contributed by atoms with Crippen molar-refractivity contribution in [3.63, 3.8) is 0 Å². The van der Waals surface area contributed by atoms with Gasteiger partial charge in [0, 0.05) is 12.1 Å². The van der Waals surface area contributed by atoms with E-state index in [0.29, 0.717) is 5.56 Å². The smallest absolute Gasteiger partial charge is 0.254 e. The van der Waals surface area contributed by atoms with Crippen molar-refractivity contribution in [3.8, 4) is 0 Å². The third kappa shape index (κ3) is 2.39. The van der Waals surface area contributed by atoms with Crippen LogP contribution in [0.15, 0.2) is 23.0 Å². The van der Waals surface area contributed by atoms with E-state index in [1.165, 1.54) is 18.9 Å². The molecule has 1 fully saturated rings. The Morgan fingerprint density at radius 2 is 2.27 bits per heavy atom. The van der Waals surface area contributed by atoms with Crippen LogP contribution >= 0.6 is 0 Å². The molecule has 1 saturated carbocycles. The van der Waals surface area contributed by atoms with Gasteiger partial charge >= 0.3 is 0 Å². The third-order valence-electron chi connectivity index (χ3n) is 2.92. The lowest BCUT2D eigenvalue weighted by molar-refractivity contribution is 0.0920. The van der Waals surface area contributed by atoms with E-state index in [4.69, 9.17) is 10.2 Å². The minimum Gasteiger partial charge on any atom is -0.472 e. The van der Waals surface area contributed by atoms with Gasteiger partial charge in [-0.3, -0.25) is 4.79 Å². The average Bonchev–Trinajstić information content (AvgIpc) is 2.74. The van der Waals surface area contributed by atoms with Gasteiger partial charge in [-0.05, 0) is 18.9 Å². The van der Waals surface area contributed by atoms with Gasteiger partial charge in [-0.1, -0.05) is 12.8 Å². The zero-order valence-corrected chi connectivity index (χ0v) is 8.61. The molecule has 1 aromatic heterocycles. The first-order chi connectivity index (χ1) is 7.27. The Labute approximate surface area is 88.8 Å². The molecule has 15 heavy (non-hydrogen) atoms. The first kappa shape index (κ1) is 10.2. The quantitative estimate of drug-likeness (QED) is 0.769. The lowest BCUT2D eigenvalue weighted by atomic mass is 9.91. The summed E-state index contributed by atoms with van der Waals surface area (Å²) in [6.45, 7) is 0. The van der Waals surface area contributed by atoms with Crippen LogP contribution in [0.5, 0.6) is 0 Å². The highest BCUT2D eigenvalue weighted by molar-refractivity contribution is 5.94. The summed E-state index contributed by atoms with van der Waals surface area (Å²) in [6, 6.07) is 1.86. The maximum absolute atomic E-state index is 11.7. The molecule has 0 bridgehead atoms. The second kappa shape index (κ2) is 4.49. The van der Waals surface area contributed by atoms with E-state index in [-0.39, 0.29) is 18.0 Å². The normalized spacial score (nSPS) is 26.2. The highest BCUT2D eigenvalue weighted by Gasteiger charge is 2.23. The second-order valence-electron chi connectivity index (χ2n) is 4.04. The summed E-state index contributed by atoms with van der Waals surface area (Å²) >= 11 is 0. The first-order valence-corrected chi connectivity index (χ1v) is 5.36. The Hall–Kier alpha value is -1.29. The van der Waals surface area contributed by atoms with Crippen molar-refractivity contribution in [3.05, 3.63) is 24.2 Å². The predicted octanol–water partition coefficient (Wildman–Crippen LogP) is 1.28. The molecule has 1 amide bonds. The number of carbonyl (C=O) groups excluding carboxylic acids is 1. The lowest BCUT2D eigenvalue weighted by Gasteiger charge is -2.29.